The molecule has 3 aromatic heterocycles. The Morgan fingerprint density at radius 1 is 0.465 bits per heavy atom. The van der Waals surface area contributed by atoms with Gasteiger partial charge in [0.25, 0.3) is 0 Å². The molecule has 9 nitrogen and oxygen atoms in total. The summed E-state index contributed by atoms with van der Waals surface area (Å²) in [4.78, 5) is 33.9. The van der Waals surface area contributed by atoms with Crippen LogP contribution in [0.25, 0.3) is 0 Å². The van der Waals surface area contributed by atoms with Gasteiger partial charge in [0.15, 0.2) is 14.7 Å². The number of hydrogen-bond acceptors (Lipinski definition) is 7. The molecule has 0 spiro atoms. The molecule has 10 heteroatoms. The quantitative estimate of drug-likeness (QED) is 0.208. The smallest absolute Gasteiger partial charge is 0.371 e. The van der Waals surface area contributed by atoms with Gasteiger partial charge in [0.05, 0.1) is 29.7 Å². The molecule has 0 saturated carbocycles. The Labute approximate surface area is 249 Å². The van der Waals surface area contributed by atoms with Crippen LogP contribution >= 0.6 is 0 Å². The highest BCUT2D eigenvalue weighted by Crippen LogP contribution is 2.30. The molecule has 43 heavy (non-hydrogen) atoms. The molecule has 3 heterocycles. The largest absolute Gasteiger partial charge is 0.542 e. The van der Waals surface area contributed by atoms with E-state index >= 15 is 0 Å². The Balaban J connectivity index is 0.000000176. The number of hydrogen-bond donors (Lipinski definition) is 2. The summed E-state index contributed by atoms with van der Waals surface area (Å²) in [6, 6.07) is 40.8. The SMILES string of the molecule is O=C(O)c1ccco1.O=C(O)c1ccco1.O=C([O-])c1ccco1.c1ccc([S+](c2ccccc2)c2ccccc2)cc1. The Morgan fingerprint density at radius 3 is 0.953 bits per heavy atom. The van der Waals surface area contributed by atoms with Crippen molar-refractivity contribution in [3.8, 4) is 0 Å². The molecular weight excluding hydrogens is 572 g/mol. The number of aromatic carboxylic acids is 3. The topological polar surface area (TPSA) is 154 Å². The van der Waals surface area contributed by atoms with Crippen LogP contribution in [0.1, 0.15) is 31.7 Å². The Kier molecular flexibility index (Phi) is 12.7. The van der Waals surface area contributed by atoms with Crippen LogP contribution in [-0.4, -0.2) is 28.1 Å². The van der Waals surface area contributed by atoms with Crippen LogP contribution in [0.15, 0.2) is 174 Å². The standard InChI is InChI=1S/C18H15S.3C5H4O3/c1-4-10-16(11-5-1)19(17-12-6-2-7-13-17)18-14-8-3-9-15-18;3*6-5(7)4-2-1-3-8-4/h1-15H;3*1-3H,(H,6,7)/q+1;;;/p-1. The number of rotatable bonds is 6. The molecule has 0 bridgehead atoms. The molecule has 0 atom stereocenters. The minimum atomic E-state index is -1.28. The summed E-state index contributed by atoms with van der Waals surface area (Å²) >= 11 is 0. The van der Waals surface area contributed by atoms with Gasteiger partial charge in [0.1, 0.15) is 11.7 Å². The van der Waals surface area contributed by atoms with Gasteiger partial charge in [-0.3, -0.25) is 0 Å². The third-order valence-electron chi connectivity index (χ3n) is 5.12. The van der Waals surface area contributed by atoms with E-state index in [1.54, 1.807) is 0 Å². The van der Waals surface area contributed by atoms with Gasteiger partial charge >= 0.3 is 11.9 Å². The van der Waals surface area contributed by atoms with Crippen molar-refractivity contribution in [3.05, 3.63) is 163 Å². The first kappa shape index (κ1) is 31.8. The Hall–Kier alpha value is -5.74. The van der Waals surface area contributed by atoms with Crippen LogP contribution < -0.4 is 5.11 Å². The van der Waals surface area contributed by atoms with Crippen molar-refractivity contribution in [2.24, 2.45) is 0 Å². The second-order valence-electron chi connectivity index (χ2n) is 8.08. The average molecular weight is 599 g/mol. The van der Waals surface area contributed by atoms with Crippen molar-refractivity contribution in [3.63, 3.8) is 0 Å². The van der Waals surface area contributed by atoms with Crippen molar-refractivity contribution < 1.29 is 43.0 Å². The molecule has 0 fully saturated rings. The normalized spacial score (nSPS) is 9.70. The van der Waals surface area contributed by atoms with Gasteiger partial charge in [0, 0.05) is 0 Å². The van der Waals surface area contributed by atoms with E-state index in [0.29, 0.717) is 0 Å². The van der Waals surface area contributed by atoms with Crippen LogP contribution in [0.4, 0.5) is 0 Å². The summed E-state index contributed by atoms with van der Waals surface area (Å²) in [5.74, 6) is -3.53. The lowest BCUT2D eigenvalue weighted by molar-refractivity contribution is -0.257. The lowest BCUT2D eigenvalue weighted by atomic mass is 10.4. The average Bonchev–Trinajstić information content (AvgIpc) is 3.85. The van der Waals surface area contributed by atoms with Crippen molar-refractivity contribution in [1.29, 1.82) is 0 Å². The van der Waals surface area contributed by atoms with Gasteiger partial charge in [-0.1, -0.05) is 54.6 Å². The van der Waals surface area contributed by atoms with Crippen molar-refractivity contribution in [2.75, 3.05) is 0 Å². The summed E-state index contributed by atoms with van der Waals surface area (Å²) in [6.07, 6.45) is 3.93. The maximum absolute atomic E-state index is 9.97. The van der Waals surface area contributed by atoms with Gasteiger partial charge in [-0.05, 0) is 72.8 Å². The number of benzene rings is 3. The van der Waals surface area contributed by atoms with Crippen LogP contribution in [-0.2, 0) is 10.9 Å². The summed E-state index contributed by atoms with van der Waals surface area (Å²) < 4.78 is 13.4. The lowest BCUT2D eigenvalue weighted by Gasteiger charge is -2.07. The number of carbonyl (C=O) groups excluding carboxylic acids is 1. The molecule has 6 rings (SSSR count). The van der Waals surface area contributed by atoms with E-state index in [4.69, 9.17) is 10.2 Å². The third-order valence-corrected chi connectivity index (χ3v) is 7.35. The molecule has 218 valence electrons. The first-order valence-corrected chi connectivity index (χ1v) is 13.8. The first-order chi connectivity index (χ1) is 20.9. The Morgan fingerprint density at radius 2 is 0.767 bits per heavy atom. The molecule has 0 amide bonds. The Bertz CT molecular complexity index is 1420. The summed E-state index contributed by atoms with van der Waals surface area (Å²) in [6.45, 7) is 0. The van der Waals surface area contributed by atoms with E-state index in [1.165, 1.54) is 69.9 Å². The lowest BCUT2D eigenvalue weighted by Crippen LogP contribution is -2.21. The zero-order chi connectivity index (χ0) is 30.9. The molecule has 2 N–H and O–H groups in total. The van der Waals surface area contributed by atoms with E-state index in [2.05, 4.69) is 104 Å². The van der Waals surface area contributed by atoms with Gasteiger partial charge < -0.3 is 33.4 Å². The molecule has 0 radical (unpaired) electrons. The monoisotopic (exact) mass is 598 g/mol. The maximum Gasteiger partial charge on any atom is 0.371 e. The second-order valence-corrected chi connectivity index (χ2v) is 10.1. The zero-order valence-electron chi connectivity index (χ0n) is 22.5. The van der Waals surface area contributed by atoms with Gasteiger partial charge in [-0.15, -0.1) is 0 Å². The van der Waals surface area contributed by atoms with Crippen LogP contribution in [0.2, 0.25) is 0 Å². The van der Waals surface area contributed by atoms with Gasteiger partial charge in [-0.25, -0.2) is 9.59 Å². The minimum absolute atomic E-state index is 0.0146. The summed E-state index contributed by atoms with van der Waals surface area (Å²) in [7, 11) is -0.0146. The van der Waals surface area contributed by atoms with Crippen molar-refractivity contribution in [1.82, 2.24) is 0 Å². The number of carboxylic acid groups (broad SMARTS) is 3. The highest BCUT2D eigenvalue weighted by atomic mass is 32.2. The number of carboxylic acids is 3. The summed E-state index contributed by atoms with van der Waals surface area (Å²) in [5, 5.41) is 26.2. The van der Waals surface area contributed by atoms with E-state index in [-0.39, 0.29) is 28.2 Å². The molecule has 0 saturated heterocycles. The highest BCUT2D eigenvalue weighted by Gasteiger charge is 2.27. The maximum atomic E-state index is 9.97. The molecule has 0 aliphatic rings. The first-order valence-electron chi connectivity index (χ1n) is 12.5. The van der Waals surface area contributed by atoms with Crippen molar-refractivity contribution in [2.45, 2.75) is 14.7 Å². The zero-order valence-corrected chi connectivity index (χ0v) is 23.3. The molecular formula is C33H26O9S. The fourth-order valence-electron chi connectivity index (χ4n) is 3.27. The molecule has 0 unspecified atom stereocenters. The van der Waals surface area contributed by atoms with E-state index in [9.17, 15) is 19.5 Å². The minimum Gasteiger partial charge on any atom is -0.542 e. The van der Waals surface area contributed by atoms with E-state index in [1.807, 2.05) is 0 Å². The van der Waals surface area contributed by atoms with E-state index < -0.39 is 17.9 Å². The highest BCUT2D eigenvalue weighted by molar-refractivity contribution is 7.97. The predicted molar refractivity (Wildman–Crippen MR) is 156 cm³/mol. The second kappa shape index (κ2) is 17.2. The summed E-state index contributed by atoms with van der Waals surface area (Å²) in [5.41, 5.74) is 0. The van der Waals surface area contributed by atoms with Crippen LogP contribution in [0.3, 0.4) is 0 Å². The molecule has 0 aliphatic carbocycles. The molecule has 3 aromatic carbocycles. The van der Waals surface area contributed by atoms with Crippen LogP contribution in [0.5, 0.6) is 0 Å². The third kappa shape index (κ3) is 10.6. The van der Waals surface area contributed by atoms with E-state index in [0.717, 1.165) is 0 Å². The van der Waals surface area contributed by atoms with Gasteiger partial charge in [-0.2, -0.15) is 0 Å². The molecule has 6 aromatic rings. The fourth-order valence-corrected chi connectivity index (χ4v) is 5.38. The number of carbonyl (C=O) groups is 3. The molecule has 0 aliphatic heterocycles. The van der Waals surface area contributed by atoms with Crippen LogP contribution in [0, 0.1) is 0 Å². The van der Waals surface area contributed by atoms with Gasteiger partial charge in [0.2, 0.25) is 11.5 Å². The number of furan rings is 3. The predicted octanol–water partition coefficient (Wildman–Crippen LogP) is 6.38. The van der Waals surface area contributed by atoms with Crippen molar-refractivity contribution >= 4 is 28.8 Å². The fraction of sp³-hybridized carbons (Fsp3) is 0.